The van der Waals surface area contributed by atoms with E-state index in [1.807, 2.05) is 43.3 Å². The van der Waals surface area contributed by atoms with Crippen LogP contribution in [0.1, 0.15) is 30.9 Å². The van der Waals surface area contributed by atoms with Crippen LogP contribution in [0.25, 0.3) is 0 Å². The first kappa shape index (κ1) is 20.0. The number of hydrogen-bond donors (Lipinski definition) is 2. The van der Waals surface area contributed by atoms with Crippen LogP contribution in [-0.2, 0) is 9.59 Å². The molecule has 2 aromatic rings. The molecule has 0 bridgehead atoms. The highest BCUT2D eigenvalue weighted by Gasteiger charge is 2.09. The number of halogens is 1. The van der Waals surface area contributed by atoms with E-state index in [1.165, 1.54) is 5.56 Å². The first-order valence-corrected chi connectivity index (χ1v) is 9.20. The number of carbonyl (C=O) groups excluding carboxylic acids is 2. The van der Waals surface area contributed by atoms with Gasteiger partial charge in [0.1, 0.15) is 5.75 Å². The highest BCUT2D eigenvalue weighted by atomic mass is 79.9. The lowest BCUT2D eigenvalue weighted by atomic mass is 9.98. The van der Waals surface area contributed by atoms with Crippen LogP contribution >= 0.6 is 15.9 Å². The molecule has 2 rings (SSSR count). The number of nitrogens with one attached hydrogen (secondary N) is 2. The average Bonchev–Trinajstić information content (AvgIpc) is 2.60. The predicted octanol–water partition coefficient (Wildman–Crippen LogP) is 4.01. The third-order valence-electron chi connectivity index (χ3n) is 3.83. The van der Waals surface area contributed by atoms with Gasteiger partial charge in [-0.05, 0) is 64.2 Å². The van der Waals surface area contributed by atoms with E-state index >= 15 is 0 Å². The van der Waals surface area contributed by atoms with Crippen LogP contribution in [0.3, 0.4) is 0 Å². The molecule has 6 heteroatoms. The summed E-state index contributed by atoms with van der Waals surface area (Å²) in [6, 6.07) is 13.1. The number of aryl methyl sites for hydroxylation is 1. The van der Waals surface area contributed by atoms with Gasteiger partial charge < -0.3 is 15.4 Å². The summed E-state index contributed by atoms with van der Waals surface area (Å²) >= 11 is 3.35. The van der Waals surface area contributed by atoms with Crippen molar-refractivity contribution < 1.29 is 14.3 Å². The second kappa shape index (κ2) is 9.38. The molecule has 0 aromatic heterocycles. The minimum Gasteiger partial charge on any atom is -0.484 e. The monoisotopic (exact) mass is 418 g/mol. The summed E-state index contributed by atoms with van der Waals surface area (Å²) in [7, 11) is 0. The maximum absolute atomic E-state index is 11.9. The maximum Gasteiger partial charge on any atom is 0.258 e. The number of hydrogen-bond acceptors (Lipinski definition) is 3. The Bertz CT molecular complexity index is 790. The number of amides is 2. The molecule has 0 fully saturated rings. The van der Waals surface area contributed by atoms with Gasteiger partial charge in [0.2, 0.25) is 5.91 Å². The van der Waals surface area contributed by atoms with Gasteiger partial charge in [0.25, 0.3) is 5.91 Å². The lowest BCUT2D eigenvalue weighted by molar-refractivity contribution is -0.125. The van der Waals surface area contributed by atoms with Gasteiger partial charge in [0.05, 0.1) is 12.2 Å². The van der Waals surface area contributed by atoms with Gasteiger partial charge in [-0.25, -0.2) is 0 Å². The molecule has 0 unspecified atom stereocenters. The Morgan fingerprint density at radius 1 is 1.12 bits per heavy atom. The zero-order chi connectivity index (χ0) is 19.1. The molecule has 0 radical (unpaired) electrons. The van der Waals surface area contributed by atoms with Crippen LogP contribution in [0.5, 0.6) is 5.75 Å². The fourth-order valence-electron chi connectivity index (χ4n) is 2.52. The van der Waals surface area contributed by atoms with Crippen LogP contribution in [0.15, 0.2) is 46.9 Å². The molecule has 138 valence electrons. The molecule has 0 spiro atoms. The highest BCUT2D eigenvalue weighted by Crippen LogP contribution is 2.23. The van der Waals surface area contributed by atoms with E-state index in [9.17, 15) is 9.59 Å². The molecule has 2 N–H and O–H groups in total. The maximum atomic E-state index is 11.9. The van der Waals surface area contributed by atoms with Crippen molar-refractivity contribution in [1.29, 1.82) is 0 Å². The Labute approximate surface area is 162 Å². The summed E-state index contributed by atoms with van der Waals surface area (Å²) < 4.78 is 6.28. The number of benzene rings is 2. The summed E-state index contributed by atoms with van der Waals surface area (Å²) in [6.07, 6.45) is 0. The smallest absolute Gasteiger partial charge is 0.258 e. The third-order valence-corrected chi connectivity index (χ3v) is 4.52. The Morgan fingerprint density at radius 3 is 2.50 bits per heavy atom. The van der Waals surface area contributed by atoms with Gasteiger partial charge in [0.15, 0.2) is 6.61 Å². The van der Waals surface area contributed by atoms with E-state index in [2.05, 4.69) is 40.4 Å². The Hall–Kier alpha value is -2.34. The molecular weight excluding hydrogens is 396 g/mol. The lowest BCUT2D eigenvalue weighted by Gasteiger charge is -2.12. The van der Waals surface area contributed by atoms with Crippen molar-refractivity contribution in [1.82, 2.24) is 5.32 Å². The highest BCUT2D eigenvalue weighted by molar-refractivity contribution is 9.10. The van der Waals surface area contributed by atoms with Crippen LogP contribution in [0.4, 0.5) is 5.69 Å². The second-order valence-corrected chi connectivity index (χ2v) is 7.12. The summed E-state index contributed by atoms with van der Waals surface area (Å²) in [5, 5.41) is 5.27. The van der Waals surface area contributed by atoms with Crippen molar-refractivity contribution in [2.75, 3.05) is 18.5 Å². The molecule has 26 heavy (non-hydrogen) atoms. The van der Waals surface area contributed by atoms with Crippen LogP contribution in [0, 0.1) is 6.92 Å². The lowest BCUT2D eigenvalue weighted by Crippen LogP contribution is -2.35. The van der Waals surface area contributed by atoms with Crippen molar-refractivity contribution in [3.8, 4) is 5.75 Å². The van der Waals surface area contributed by atoms with Crippen molar-refractivity contribution in [3.63, 3.8) is 0 Å². The molecule has 0 saturated heterocycles. The first-order valence-electron chi connectivity index (χ1n) is 8.41. The zero-order valence-electron chi connectivity index (χ0n) is 15.1. The van der Waals surface area contributed by atoms with Crippen molar-refractivity contribution in [2.45, 2.75) is 26.7 Å². The zero-order valence-corrected chi connectivity index (χ0v) is 16.7. The van der Waals surface area contributed by atoms with E-state index in [0.717, 1.165) is 10.0 Å². The molecule has 2 aromatic carbocycles. The summed E-state index contributed by atoms with van der Waals surface area (Å²) in [5.41, 5.74) is 3.04. The fraction of sp³-hybridized carbons (Fsp3) is 0.300. The molecule has 0 aliphatic heterocycles. The fourth-order valence-corrected chi connectivity index (χ4v) is 2.91. The number of para-hydroxylation sites is 1. The minimum atomic E-state index is -0.349. The van der Waals surface area contributed by atoms with Gasteiger partial charge in [-0.3, -0.25) is 9.59 Å². The summed E-state index contributed by atoms with van der Waals surface area (Å²) in [5.74, 6) is 0.426. The first-order chi connectivity index (χ1) is 12.4. The average molecular weight is 419 g/mol. The second-order valence-electron chi connectivity index (χ2n) is 6.27. The molecule has 5 nitrogen and oxygen atoms in total. The number of ether oxygens (including phenoxy) is 1. The van der Waals surface area contributed by atoms with Gasteiger partial charge in [0, 0.05) is 4.47 Å². The van der Waals surface area contributed by atoms with E-state index in [0.29, 0.717) is 17.4 Å². The van der Waals surface area contributed by atoms with Crippen LogP contribution in [0.2, 0.25) is 0 Å². The minimum absolute atomic E-state index is 0.116. The van der Waals surface area contributed by atoms with Crippen molar-refractivity contribution in [2.24, 2.45) is 0 Å². The number of rotatable bonds is 7. The van der Waals surface area contributed by atoms with E-state index < -0.39 is 0 Å². The van der Waals surface area contributed by atoms with E-state index in [1.54, 1.807) is 6.07 Å². The van der Waals surface area contributed by atoms with Gasteiger partial charge >= 0.3 is 0 Å². The Kier molecular flexibility index (Phi) is 7.21. The standard InChI is InChI=1S/C20H23BrN2O3/c1-13(2)16-9-8-15(10-14(16)3)26-12-20(25)22-11-19(24)23-18-7-5-4-6-17(18)21/h4-10,13H,11-12H2,1-3H3,(H,22,25)(H,23,24). The number of anilines is 1. The predicted molar refractivity (Wildman–Crippen MR) is 107 cm³/mol. The van der Waals surface area contributed by atoms with Crippen molar-refractivity contribution >= 4 is 33.4 Å². The van der Waals surface area contributed by atoms with E-state index in [4.69, 9.17) is 4.74 Å². The van der Waals surface area contributed by atoms with E-state index in [-0.39, 0.29) is 25.0 Å². The Morgan fingerprint density at radius 2 is 1.85 bits per heavy atom. The largest absolute Gasteiger partial charge is 0.484 e. The van der Waals surface area contributed by atoms with Gasteiger partial charge in [-0.2, -0.15) is 0 Å². The van der Waals surface area contributed by atoms with Gasteiger partial charge in [-0.1, -0.05) is 32.0 Å². The van der Waals surface area contributed by atoms with Crippen LogP contribution in [-0.4, -0.2) is 25.0 Å². The third kappa shape index (κ3) is 5.88. The molecule has 0 atom stereocenters. The SMILES string of the molecule is Cc1cc(OCC(=O)NCC(=O)Nc2ccccc2Br)ccc1C(C)C. The quantitative estimate of drug-likeness (QED) is 0.713. The number of carbonyl (C=O) groups is 2. The van der Waals surface area contributed by atoms with Crippen LogP contribution < -0.4 is 15.4 Å². The molecule has 2 amide bonds. The van der Waals surface area contributed by atoms with Gasteiger partial charge in [-0.15, -0.1) is 0 Å². The van der Waals surface area contributed by atoms with Crippen molar-refractivity contribution in [3.05, 3.63) is 58.1 Å². The molecule has 0 aliphatic rings. The molecule has 0 heterocycles. The molecule has 0 aliphatic carbocycles. The molecule has 0 saturated carbocycles. The topological polar surface area (TPSA) is 67.4 Å². The Balaban J connectivity index is 1.78. The summed E-state index contributed by atoms with van der Waals surface area (Å²) in [4.78, 5) is 23.8. The molecular formula is C20H23BrN2O3. The normalized spacial score (nSPS) is 10.5. The summed E-state index contributed by atoms with van der Waals surface area (Å²) in [6.45, 7) is 6.04.